The number of aryl methyl sites for hydroxylation is 2. The van der Waals surface area contributed by atoms with Gasteiger partial charge in [0.2, 0.25) is 0 Å². The van der Waals surface area contributed by atoms with Crippen molar-refractivity contribution in [3.63, 3.8) is 0 Å². The molecule has 0 saturated heterocycles. The van der Waals surface area contributed by atoms with E-state index in [1.54, 1.807) is 79.3 Å². The Morgan fingerprint density at radius 2 is 1.04 bits per heavy atom. The van der Waals surface area contributed by atoms with E-state index in [1.807, 2.05) is 6.07 Å². The summed E-state index contributed by atoms with van der Waals surface area (Å²) >= 11 is 3.70. The molecular weight excluding hydrogens is 1070 g/mol. The van der Waals surface area contributed by atoms with Crippen LogP contribution >= 0.6 is 12.2 Å². The summed E-state index contributed by atoms with van der Waals surface area (Å²) in [6.45, 7) is 5.37. The molecule has 0 spiro atoms. The summed E-state index contributed by atoms with van der Waals surface area (Å²) < 4.78 is 52.7. The number of thiocarbonyl (C=S) groups is 1. The van der Waals surface area contributed by atoms with Crippen molar-refractivity contribution in [1.82, 2.24) is 30.1 Å². The van der Waals surface area contributed by atoms with Crippen LogP contribution in [0.15, 0.2) is 141 Å². The molecule has 7 rings (SSSR count). The van der Waals surface area contributed by atoms with Crippen LogP contribution in [0.3, 0.4) is 0 Å². The number of ether oxygens (including phenoxy) is 3. The molecule has 14 nitrogen and oxygen atoms in total. The van der Waals surface area contributed by atoms with Gasteiger partial charge in [0, 0.05) is 29.5 Å². The van der Waals surface area contributed by atoms with Crippen LogP contribution < -0.4 is 10.00 Å². The summed E-state index contributed by atoms with van der Waals surface area (Å²) in [4.78, 5) is 51.1. The molecule has 386 valence electrons. The molecule has 0 saturated carbocycles. The Kier molecular flexibility index (Phi) is 25.5. The van der Waals surface area contributed by atoms with Crippen molar-refractivity contribution >= 4 is 72.1 Å². The number of hydrogen-bond acceptors (Lipinski definition) is 13. The number of halogens is 3. The molecule has 0 N–H and O–H groups in total. The molecule has 0 fully saturated rings. The maximum absolute atomic E-state index is 13.0. The fourth-order valence-corrected chi connectivity index (χ4v) is 7.20. The molecule has 0 bridgehead atoms. The zero-order valence-corrected chi connectivity index (χ0v) is 43.4. The van der Waals surface area contributed by atoms with Crippen molar-refractivity contribution in [2.24, 2.45) is 0 Å². The fourth-order valence-electron chi connectivity index (χ4n) is 7.20. The van der Waals surface area contributed by atoms with Gasteiger partial charge in [-0.05, 0) is 151 Å². The maximum atomic E-state index is 13.0. The first kappa shape index (κ1) is 59.5. The van der Waals surface area contributed by atoms with Crippen LogP contribution in [0.25, 0.3) is 57.8 Å². The van der Waals surface area contributed by atoms with Gasteiger partial charge < -0.3 is 34.7 Å². The molecular formula is C56H51F3N8O6RuS. The van der Waals surface area contributed by atoms with Crippen molar-refractivity contribution < 1.29 is 61.2 Å². The first-order valence-corrected chi connectivity index (χ1v) is 23.7. The average Bonchev–Trinajstić information content (AvgIpc) is 3.93. The standard InChI is InChI=1S/C31H34F3N4.C24H17N3O6.CNS.Ru/c1-3-5-7-9-23-11-15-25(16-12-23)38(26-17-13-24(14-18-26)10-8-6-4-2)27-19-20-28(35-22-27)29-21-30(37-36-29)31(32,33)34;28-15-31-8-3-18-1-6-25-21(11-18)23-13-20(5-10-33-17-30)14-24(27-23)22-12-19(2-7-26-22)4-9-32-16-29;2-1-3;/h11-22H,3-10H2,1-2H3;1-17H;;/q-1;;-1;+2/b;8-3+,9-4+,10-5+;;. The van der Waals surface area contributed by atoms with E-state index in [0.717, 1.165) is 47.1 Å². The van der Waals surface area contributed by atoms with Crippen LogP contribution in [-0.2, 0) is 67.1 Å². The van der Waals surface area contributed by atoms with Gasteiger partial charge in [-0.15, -0.1) is 0 Å². The van der Waals surface area contributed by atoms with Gasteiger partial charge in [0.1, 0.15) is 5.69 Å². The molecule has 0 radical (unpaired) electrons. The van der Waals surface area contributed by atoms with Gasteiger partial charge in [0.25, 0.3) is 19.4 Å². The quantitative estimate of drug-likeness (QED) is 0.0112. The zero-order valence-electron chi connectivity index (χ0n) is 40.8. The minimum atomic E-state index is -4.53. The number of aromatic nitrogens is 6. The summed E-state index contributed by atoms with van der Waals surface area (Å²) in [5.74, 6) is 0. The topological polar surface area (TPSA) is 183 Å². The van der Waals surface area contributed by atoms with Crippen molar-refractivity contribution in [3.8, 4) is 34.2 Å². The normalized spacial score (nSPS) is 10.8. The van der Waals surface area contributed by atoms with Crippen molar-refractivity contribution in [1.29, 1.82) is 0 Å². The van der Waals surface area contributed by atoms with Crippen LogP contribution in [0.5, 0.6) is 0 Å². The van der Waals surface area contributed by atoms with Crippen LogP contribution in [0.4, 0.5) is 30.2 Å². The van der Waals surface area contributed by atoms with Gasteiger partial charge in [-0.25, -0.2) is 4.98 Å². The van der Waals surface area contributed by atoms with Crippen LogP contribution in [0, 0.1) is 0 Å². The van der Waals surface area contributed by atoms with Crippen LogP contribution in [0.1, 0.15) is 85.9 Å². The predicted molar refractivity (Wildman–Crippen MR) is 282 cm³/mol. The van der Waals surface area contributed by atoms with Crippen molar-refractivity contribution in [2.45, 2.75) is 71.4 Å². The van der Waals surface area contributed by atoms with Gasteiger partial charge in [-0.3, -0.25) is 29.3 Å². The minimum absolute atomic E-state index is 0. The maximum Gasteiger partial charge on any atom is 2.00 e. The Morgan fingerprint density at radius 1 is 0.600 bits per heavy atom. The Balaban J connectivity index is 0.000000307. The summed E-state index contributed by atoms with van der Waals surface area (Å²) in [5.41, 5.74) is 9.20. The summed E-state index contributed by atoms with van der Waals surface area (Å²) in [6, 6.07) is 32.2. The Labute approximate surface area is 451 Å². The zero-order chi connectivity index (χ0) is 53.0. The second kappa shape index (κ2) is 32.2. The number of carbonyl (C=O) groups excluding carboxylic acids is 3. The molecule has 0 unspecified atom stereocenters. The second-order valence-corrected chi connectivity index (χ2v) is 16.1. The van der Waals surface area contributed by atoms with E-state index in [4.69, 9.17) is 5.41 Å². The molecule has 0 amide bonds. The molecule has 0 aliphatic heterocycles. The molecule has 7 aromatic rings. The molecule has 0 atom stereocenters. The number of hydrogen-bond donors (Lipinski definition) is 0. The molecule has 19 heteroatoms. The van der Waals surface area contributed by atoms with Gasteiger partial charge in [0.05, 0.1) is 53.4 Å². The number of isothiocyanates is 1. The number of benzene rings is 2. The predicted octanol–water partition coefficient (Wildman–Crippen LogP) is 13.3. The third kappa shape index (κ3) is 19.4. The van der Waals surface area contributed by atoms with E-state index in [0.29, 0.717) is 53.4 Å². The fraction of sp³-hybridized carbons (Fsp3) is 0.196. The summed E-state index contributed by atoms with van der Waals surface area (Å²) in [7, 11) is 0. The van der Waals surface area contributed by atoms with E-state index >= 15 is 0 Å². The number of unbranched alkanes of at least 4 members (excludes halogenated alkanes) is 4. The Hall–Kier alpha value is -8.11. The summed E-state index contributed by atoms with van der Waals surface area (Å²) in [5, 5.41) is 15.4. The van der Waals surface area contributed by atoms with Gasteiger partial charge in [-0.2, -0.15) is 18.3 Å². The number of anilines is 3. The van der Waals surface area contributed by atoms with Crippen LogP contribution in [-0.4, -0.2) is 49.6 Å². The number of alkyl halides is 3. The number of nitrogens with zero attached hydrogens (tertiary/aromatic N) is 8. The number of rotatable bonds is 23. The molecule has 0 aliphatic rings. The first-order valence-electron chi connectivity index (χ1n) is 23.3. The first-order chi connectivity index (χ1) is 36.0. The molecule has 75 heavy (non-hydrogen) atoms. The van der Waals surface area contributed by atoms with E-state index in [9.17, 15) is 27.6 Å². The summed E-state index contributed by atoms with van der Waals surface area (Å²) in [6.07, 6.45) is 18.2. The third-order valence-corrected chi connectivity index (χ3v) is 10.7. The average molecular weight is 1120 g/mol. The van der Waals surface area contributed by atoms with E-state index in [2.05, 4.69) is 124 Å². The minimum Gasteiger partial charge on any atom is -0.753 e. The molecule has 0 aliphatic carbocycles. The van der Waals surface area contributed by atoms with Gasteiger partial charge in [0.15, 0.2) is 0 Å². The van der Waals surface area contributed by atoms with E-state index in [1.165, 1.54) is 73.6 Å². The molecule has 2 aromatic carbocycles. The Morgan fingerprint density at radius 3 is 1.44 bits per heavy atom. The molecule has 5 aromatic heterocycles. The monoisotopic (exact) mass is 1120 g/mol. The van der Waals surface area contributed by atoms with Gasteiger partial charge >= 0.3 is 25.7 Å². The van der Waals surface area contributed by atoms with Crippen LogP contribution in [0.2, 0.25) is 0 Å². The van der Waals surface area contributed by atoms with Gasteiger partial charge in [-0.1, -0.05) is 81.7 Å². The third-order valence-electron chi connectivity index (χ3n) is 10.7. The van der Waals surface area contributed by atoms with Crippen molar-refractivity contribution in [3.05, 3.63) is 179 Å². The van der Waals surface area contributed by atoms with Crippen molar-refractivity contribution in [2.75, 3.05) is 4.90 Å². The number of pyridine rings is 4. The smallest absolute Gasteiger partial charge is 0.753 e. The SMILES string of the molecule is CCCCCc1ccc(N(c2ccc(CCCCC)cc2)c2ccc(-c3cc(C(F)(F)F)n[n-]3)nc2)cc1.O=CO/C=C/c1ccnc(-c2cc(/C=C/OC=O)cc(-c3cc(/C=C/OC=O)ccn3)n2)c1.[N-]=C=S.[Ru+2]. The second-order valence-electron chi connectivity index (χ2n) is 15.9. The number of carbonyl (C=O) groups is 3. The van der Waals surface area contributed by atoms with E-state index < -0.39 is 11.9 Å². The largest absolute Gasteiger partial charge is 2.00 e. The Bertz CT molecular complexity index is 2870. The molecule has 5 heterocycles. The van der Waals surface area contributed by atoms with E-state index in [-0.39, 0.29) is 25.2 Å².